The smallest absolute Gasteiger partial charge is 0.341 e. The molecule has 0 aliphatic carbocycles. The van der Waals surface area contributed by atoms with Crippen molar-refractivity contribution in [1.82, 2.24) is 4.90 Å². The number of aliphatic imine (C=N–C) groups is 1. The lowest BCUT2D eigenvalue weighted by Gasteiger charge is -2.37. The van der Waals surface area contributed by atoms with Gasteiger partial charge < -0.3 is 9.64 Å². The van der Waals surface area contributed by atoms with Gasteiger partial charge >= 0.3 is 5.97 Å². The van der Waals surface area contributed by atoms with Crippen LogP contribution in [0.3, 0.4) is 0 Å². The first kappa shape index (κ1) is 22.6. The fourth-order valence-electron chi connectivity index (χ4n) is 4.89. The zero-order valence-electron chi connectivity index (χ0n) is 19.7. The molecule has 4 aromatic carbocycles. The van der Waals surface area contributed by atoms with Gasteiger partial charge in [-0.25, -0.2) is 9.79 Å². The maximum absolute atomic E-state index is 14.0. The van der Waals surface area contributed by atoms with E-state index in [1.165, 1.54) is 0 Å². The molecule has 1 heterocycles. The van der Waals surface area contributed by atoms with E-state index in [0.29, 0.717) is 6.54 Å². The molecule has 0 aromatic heterocycles. The van der Waals surface area contributed by atoms with Crippen molar-refractivity contribution in [3.63, 3.8) is 0 Å². The number of hydrogen-bond donors (Lipinski definition) is 0. The molecule has 0 bridgehead atoms. The molecule has 1 aliphatic heterocycles. The summed E-state index contributed by atoms with van der Waals surface area (Å²) in [7, 11) is 0. The minimum absolute atomic E-state index is 0.282. The van der Waals surface area contributed by atoms with Crippen LogP contribution in [0.1, 0.15) is 35.2 Å². The summed E-state index contributed by atoms with van der Waals surface area (Å²) in [6, 6.07) is 40.0. The summed E-state index contributed by atoms with van der Waals surface area (Å²) in [5, 5.41) is 0. The van der Waals surface area contributed by atoms with Gasteiger partial charge in [0.15, 0.2) is 0 Å². The Balaban J connectivity index is 1.79. The molecule has 4 aromatic rings. The Hall–Kier alpha value is -4.18. The SMILES string of the molecule is CCOC(=O)[C@]1(c2ccccc2)N=C(c2ccccc2)N(Cc2ccccc2)[C@@H]1c1ccccc1. The van der Waals surface area contributed by atoms with Crippen LogP contribution in [0.5, 0.6) is 0 Å². The highest BCUT2D eigenvalue weighted by molar-refractivity contribution is 6.04. The summed E-state index contributed by atoms with van der Waals surface area (Å²) in [4.78, 5) is 21.5. The quantitative estimate of drug-likeness (QED) is 0.311. The monoisotopic (exact) mass is 460 g/mol. The molecule has 4 nitrogen and oxygen atoms in total. The zero-order chi connectivity index (χ0) is 24.1. The number of carbonyl (C=O) groups excluding carboxylic acids is 1. The Morgan fingerprint density at radius 2 is 1.34 bits per heavy atom. The average molecular weight is 461 g/mol. The van der Waals surface area contributed by atoms with Crippen molar-refractivity contribution >= 4 is 11.8 Å². The second kappa shape index (κ2) is 9.98. The molecule has 5 rings (SSSR count). The molecular weight excluding hydrogens is 432 g/mol. The lowest BCUT2D eigenvalue weighted by molar-refractivity contribution is -0.151. The lowest BCUT2D eigenvalue weighted by Crippen LogP contribution is -2.44. The van der Waals surface area contributed by atoms with Crippen LogP contribution in [0.4, 0.5) is 0 Å². The Morgan fingerprint density at radius 1 is 0.800 bits per heavy atom. The van der Waals surface area contributed by atoms with E-state index >= 15 is 0 Å². The van der Waals surface area contributed by atoms with E-state index in [2.05, 4.69) is 29.2 Å². The summed E-state index contributed by atoms with van der Waals surface area (Å²) in [6.07, 6.45) is 0. The Bertz CT molecular complexity index is 1290. The number of amidine groups is 1. The van der Waals surface area contributed by atoms with Crippen LogP contribution in [0, 0.1) is 0 Å². The number of ether oxygens (including phenoxy) is 1. The molecule has 0 spiro atoms. The molecule has 0 fully saturated rings. The normalized spacial score (nSPS) is 19.3. The predicted octanol–water partition coefficient (Wildman–Crippen LogP) is 6.15. The molecule has 174 valence electrons. The molecule has 0 radical (unpaired) electrons. The summed E-state index contributed by atoms with van der Waals surface area (Å²) >= 11 is 0. The van der Waals surface area contributed by atoms with Crippen molar-refractivity contribution in [3.8, 4) is 0 Å². The molecule has 0 unspecified atom stereocenters. The molecule has 0 saturated heterocycles. The van der Waals surface area contributed by atoms with Gasteiger partial charge in [-0.15, -0.1) is 0 Å². The van der Waals surface area contributed by atoms with Crippen molar-refractivity contribution < 1.29 is 9.53 Å². The second-order valence-electron chi connectivity index (χ2n) is 8.58. The van der Waals surface area contributed by atoms with Gasteiger partial charge in [0.25, 0.3) is 0 Å². The maximum Gasteiger partial charge on any atom is 0.341 e. The molecule has 0 saturated carbocycles. The van der Waals surface area contributed by atoms with E-state index < -0.39 is 5.54 Å². The summed E-state index contributed by atoms with van der Waals surface area (Å²) in [5.41, 5.74) is 2.68. The number of nitrogens with zero attached hydrogens (tertiary/aromatic N) is 2. The largest absolute Gasteiger partial charge is 0.464 e. The molecule has 2 atom stereocenters. The first-order valence-corrected chi connectivity index (χ1v) is 12.0. The summed E-state index contributed by atoms with van der Waals surface area (Å²) < 4.78 is 5.75. The van der Waals surface area contributed by atoms with Gasteiger partial charge in [0, 0.05) is 12.1 Å². The fraction of sp³-hybridized carbons (Fsp3) is 0.161. The van der Waals surface area contributed by atoms with Gasteiger partial charge in [0.2, 0.25) is 5.54 Å². The zero-order valence-corrected chi connectivity index (χ0v) is 19.7. The van der Waals surface area contributed by atoms with Crippen LogP contribution < -0.4 is 0 Å². The topological polar surface area (TPSA) is 41.9 Å². The Labute approximate surface area is 206 Å². The van der Waals surface area contributed by atoms with Crippen molar-refractivity contribution in [2.45, 2.75) is 25.0 Å². The van der Waals surface area contributed by atoms with Gasteiger partial charge in [0.1, 0.15) is 5.84 Å². The summed E-state index contributed by atoms with van der Waals surface area (Å²) in [5.74, 6) is 0.434. The third kappa shape index (κ3) is 4.24. The van der Waals surface area contributed by atoms with E-state index in [1.54, 1.807) is 0 Å². The molecule has 35 heavy (non-hydrogen) atoms. The van der Waals surface area contributed by atoms with Gasteiger partial charge in [-0.1, -0.05) is 121 Å². The molecule has 1 aliphatic rings. The van der Waals surface area contributed by atoms with E-state index in [0.717, 1.165) is 28.1 Å². The van der Waals surface area contributed by atoms with Crippen LogP contribution in [-0.2, 0) is 21.6 Å². The molecule has 0 N–H and O–H groups in total. The van der Waals surface area contributed by atoms with Crippen LogP contribution in [0.15, 0.2) is 126 Å². The third-order valence-corrected chi connectivity index (χ3v) is 6.41. The van der Waals surface area contributed by atoms with Gasteiger partial charge in [0.05, 0.1) is 12.6 Å². The standard InChI is InChI=1S/C31H28N2O2/c1-2-35-30(34)31(27-21-13-6-14-22-27)28(25-17-9-4-10-18-25)33(23-24-15-7-3-8-16-24)29(32-31)26-19-11-5-12-20-26/h3-22,28H,2,23H2,1H3/t28-,31-/m1/s1. The first-order chi connectivity index (χ1) is 17.2. The van der Waals surface area contributed by atoms with E-state index in [1.807, 2.05) is 104 Å². The first-order valence-electron chi connectivity index (χ1n) is 12.0. The maximum atomic E-state index is 14.0. The minimum atomic E-state index is -1.25. The van der Waals surface area contributed by atoms with Crippen LogP contribution in [-0.4, -0.2) is 23.3 Å². The van der Waals surface area contributed by atoms with E-state index in [4.69, 9.17) is 9.73 Å². The highest BCUT2D eigenvalue weighted by Gasteiger charge is 2.57. The van der Waals surface area contributed by atoms with Crippen LogP contribution in [0.2, 0.25) is 0 Å². The fourth-order valence-corrected chi connectivity index (χ4v) is 4.89. The third-order valence-electron chi connectivity index (χ3n) is 6.41. The number of carbonyl (C=O) groups is 1. The lowest BCUT2D eigenvalue weighted by atomic mass is 9.79. The number of esters is 1. The molecule has 0 amide bonds. The van der Waals surface area contributed by atoms with E-state index in [9.17, 15) is 4.79 Å². The molecule has 4 heteroatoms. The van der Waals surface area contributed by atoms with Gasteiger partial charge in [-0.2, -0.15) is 0 Å². The number of hydrogen-bond acceptors (Lipinski definition) is 4. The van der Waals surface area contributed by atoms with Crippen LogP contribution in [0.25, 0.3) is 0 Å². The number of benzene rings is 4. The van der Waals surface area contributed by atoms with Crippen LogP contribution >= 0.6 is 0 Å². The van der Waals surface area contributed by atoms with Crippen molar-refractivity contribution in [3.05, 3.63) is 144 Å². The average Bonchev–Trinajstić information content (AvgIpc) is 3.27. The summed E-state index contributed by atoms with van der Waals surface area (Å²) in [6.45, 7) is 2.72. The Morgan fingerprint density at radius 3 is 1.94 bits per heavy atom. The minimum Gasteiger partial charge on any atom is -0.464 e. The van der Waals surface area contributed by atoms with E-state index in [-0.39, 0.29) is 18.6 Å². The highest BCUT2D eigenvalue weighted by Crippen LogP contribution is 2.49. The van der Waals surface area contributed by atoms with Gasteiger partial charge in [-0.05, 0) is 23.6 Å². The predicted molar refractivity (Wildman–Crippen MR) is 139 cm³/mol. The molecular formula is C31H28N2O2. The highest BCUT2D eigenvalue weighted by atomic mass is 16.5. The second-order valence-corrected chi connectivity index (χ2v) is 8.58. The van der Waals surface area contributed by atoms with Crippen molar-refractivity contribution in [2.24, 2.45) is 4.99 Å². The van der Waals surface area contributed by atoms with Crippen molar-refractivity contribution in [2.75, 3.05) is 6.61 Å². The van der Waals surface area contributed by atoms with Crippen molar-refractivity contribution in [1.29, 1.82) is 0 Å². The van der Waals surface area contributed by atoms with Gasteiger partial charge in [-0.3, -0.25) is 0 Å². The number of rotatable bonds is 7. The Kier molecular flexibility index (Phi) is 6.44.